The predicted octanol–water partition coefficient (Wildman–Crippen LogP) is 2.02. The van der Waals surface area contributed by atoms with Gasteiger partial charge in [0.25, 0.3) is 0 Å². The van der Waals surface area contributed by atoms with Crippen LogP contribution in [0.15, 0.2) is 30.3 Å². The molecule has 2 unspecified atom stereocenters. The lowest BCUT2D eigenvalue weighted by atomic mass is 10.0. The minimum absolute atomic E-state index is 0.0761. The summed E-state index contributed by atoms with van der Waals surface area (Å²) < 4.78 is 11.5. The Morgan fingerprint density at radius 2 is 2.00 bits per heavy atom. The molecule has 1 aromatic carbocycles. The summed E-state index contributed by atoms with van der Waals surface area (Å²) in [4.78, 5) is 11.2. The van der Waals surface area contributed by atoms with Crippen LogP contribution in [-0.2, 0) is 14.3 Å². The van der Waals surface area contributed by atoms with E-state index in [2.05, 4.69) is 5.32 Å². The van der Waals surface area contributed by atoms with E-state index in [0.29, 0.717) is 6.61 Å². The van der Waals surface area contributed by atoms with Crippen LogP contribution in [0.2, 0.25) is 0 Å². The second kappa shape index (κ2) is 5.08. The maximum absolute atomic E-state index is 11.2. The topological polar surface area (TPSA) is 47.6 Å². The van der Waals surface area contributed by atoms with Crippen molar-refractivity contribution in [3.8, 4) is 0 Å². The van der Waals surface area contributed by atoms with Gasteiger partial charge in [0, 0.05) is 6.92 Å². The van der Waals surface area contributed by atoms with Crippen molar-refractivity contribution < 1.29 is 14.3 Å². The maximum Gasteiger partial charge on any atom is 0.217 e. The zero-order chi connectivity index (χ0) is 13.2. The van der Waals surface area contributed by atoms with E-state index in [1.807, 2.05) is 44.2 Å². The quantitative estimate of drug-likeness (QED) is 0.872. The number of benzene rings is 1. The molecule has 4 nitrogen and oxygen atoms in total. The van der Waals surface area contributed by atoms with Crippen LogP contribution in [0, 0.1) is 0 Å². The normalized spacial score (nSPS) is 26.6. The highest BCUT2D eigenvalue weighted by molar-refractivity contribution is 5.73. The van der Waals surface area contributed by atoms with Gasteiger partial charge in [-0.15, -0.1) is 0 Å². The van der Waals surface area contributed by atoms with Gasteiger partial charge in [0.1, 0.15) is 6.10 Å². The van der Waals surface area contributed by atoms with Crippen molar-refractivity contribution in [3.05, 3.63) is 35.9 Å². The fourth-order valence-corrected chi connectivity index (χ4v) is 2.12. The first-order valence-corrected chi connectivity index (χ1v) is 6.12. The zero-order valence-electron chi connectivity index (χ0n) is 11.0. The number of carbonyl (C=O) groups excluding carboxylic acids is 1. The average molecular weight is 249 g/mol. The monoisotopic (exact) mass is 249 g/mol. The van der Waals surface area contributed by atoms with E-state index < -0.39 is 5.79 Å². The molecule has 0 bridgehead atoms. The molecule has 98 valence electrons. The molecule has 1 aliphatic rings. The number of hydrogen-bond acceptors (Lipinski definition) is 3. The smallest absolute Gasteiger partial charge is 0.217 e. The Morgan fingerprint density at radius 1 is 1.33 bits per heavy atom. The third-order valence-electron chi connectivity index (χ3n) is 2.90. The summed E-state index contributed by atoms with van der Waals surface area (Å²) >= 11 is 0. The number of ether oxygens (including phenoxy) is 2. The lowest BCUT2D eigenvalue weighted by molar-refractivity contribution is -0.284. The van der Waals surface area contributed by atoms with E-state index in [9.17, 15) is 4.79 Å². The molecule has 1 aromatic rings. The van der Waals surface area contributed by atoms with Gasteiger partial charge >= 0.3 is 0 Å². The second-order valence-electron chi connectivity index (χ2n) is 4.97. The van der Waals surface area contributed by atoms with Gasteiger partial charge in [0.05, 0.1) is 12.6 Å². The van der Waals surface area contributed by atoms with E-state index in [1.54, 1.807) is 0 Å². The zero-order valence-corrected chi connectivity index (χ0v) is 11.0. The van der Waals surface area contributed by atoms with Crippen LogP contribution in [0.3, 0.4) is 0 Å². The number of amides is 1. The van der Waals surface area contributed by atoms with Gasteiger partial charge in [0.2, 0.25) is 5.91 Å². The van der Waals surface area contributed by atoms with Crippen LogP contribution in [0.4, 0.5) is 0 Å². The molecule has 0 radical (unpaired) electrons. The lowest BCUT2D eigenvalue weighted by Crippen LogP contribution is -2.51. The van der Waals surface area contributed by atoms with E-state index in [4.69, 9.17) is 9.47 Å². The van der Waals surface area contributed by atoms with E-state index >= 15 is 0 Å². The van der Waals surface area contributed by atoms with Crippen LogP contribution in [0.25, 0.3) is 0 Å². The molecule has 2 atom stereocenters. The number of nitrogens with one attached hydrogen (secondary N) is 1. The van der Waals surface area contributed by atoms with Crippen molar-refractivity contribution in [1.82, 2.24) is 5.32 Å². The highest BCUT2D eigenvalue weighted by atomic mass is 16.7. The second-order valence-corrected chi connectivity index (χ2v) is 4.97. The average Bonchev–Trinajstić information content (AvgIpc) is 2.32. The third kappa shape index (κ3) is 3.09. The predicted molar refractivity (Wildman–Crippen MR) is 67.9 cm³/mol. The summed E-state index contributed by atoms with van der Waals surface area (Å²) in [6.07, 6.45) is -0.182. The number of carbonyl (C=O) groups is 1. The van der Waals surface area contributed by atoms with Gasteiger partial charge in [-0.25, -0.2) is 0 Å². The van der Waals surface area contributed by atoms with Gasteiger partial charge in [-0.1, -0.05) is 30.3 Å². The van der Waals surface area contributed by atoms with Crippen molar-refractivity contribution in [3.63, 3.8) is 0 Å². The van der Waals surface area contributed by atoms with Gasteiger partial charge in [-0.2, -0.15) is 0 Å². The van der Waals surface area contributed by atoms with Crippen LogP contribution in [0.5, 0.6) is 0 Å². The summed E-state index contributed by atoms with van der Waals surface area (Å²) in [5, 5.41) is 2.88. The van der Waals surface area contributed by atoms with E-state index in [0.717, 1.165) is 5.56 Å². The van der Waals surface area contributed by atoms with Gasteiger partial charge in [-0.05, 0) is 19.4 Å². The summed E-state index contributed by atoms with van der Waals surface area (Å²) in [6, 6.07) is 9.74. The SMILES string of the molecule is CC(=O)NC1COC(C)(C)OC1c1ccccc1. The molecule has 0 aliphatic carbocycles. The van der Waals surface area contributed by atoms with Crippen molar-refractivity contribution in [2.24, 2.45) is 0 Å². The fourth-order valence-electron chi connectivity index (χ4n) is 2.12. The van der Waals surface area contributed by atoms with Gasteiger partial charge in [-0.3, -0.25) is 4.79 Å². The molecule has 1 heterocycles. The minimum Gasteiger partial charge on any atom is -0.348 e. The highest BCUT2D eigenvalue weighted by Crippen LogP contribution is 2.32. The Hall–Kier alpha value is -1.39. The molecular weight excluding hydrogens is 230 g/mol. The minimum atomic E-state index is -0.629. The number of rotatable bonds is 2. The Bertz CT molecular complexity index is 416. The van der Waals surface area contributed by atoms with Crippen molar-refractivity contribution in [1.29, 1.82) is 0 Å². The van der Waals surface area contributed by atoms with Crippen molar-refractivity contribution in [2.75, 3.05) is 6.61 Å². The molecule has 1 aliphatic heterocycles. The standard InChI is InChI=1S/C14H19NO3/c1-10(16)15-12-9-17-14(2,3)18-13(12)11-7-5-4-6-8-11/h4-8,12-13H,9H2,1-3H3,(H,15,16). The molecule has 1 saturated heterocycles. The Balaban J connectivity index is 2.22. The van der Waals surface area contributed by atoms with Crippen molar-refractivity contribution >= 4 is 5.91 Å². The first kappa shape index (κ1) is 13.1. The van der Waals surface area contributed by atoms with Gasteiger partial charge in [0.15, 0.2) is 5.79 Å². The van der Waals surface area contributed by atoms with Crippen LogP contribution >= 0.6 is 0 Å². The summed E-state index contributed by atoms with van der Waals surface area (Å²) in [6.45, 7) is 5.72. The lowest BCUT2D eigenvalue weighted by Gasteiger charge is -2.41. The molecule has 0 spiro atoms. The molecule has 1 N–H and O–H groups in total. The Labute approximate surface area is 107 Å². The summed E-state index contributed by atoms with van der Waals surface area (Å²) in [5.74, 6) is -0.706. The number of hydrogen-bond donors (Lipinski definition) is 1. The molecule has 18 heavy (non-hydrogen) atoms. The molecule has 0 aromatic heterocycles. The highest BCUT2D eigenvalue weighted by Gasteiger charge is 2.37. The van der Waals surface area contributed by atoms with Crippen LogP contribution < -0.4 is 5.32 Å². The largest absolute Gasteiger partial charge is 0.348 e. The van der Waals surface area contributed by atoms with Crippen LogP contribution in [-0.4, -0.2) is 24.3 Å². The Kier molecular flexibility index (Phi) is 3.68. The summed E-state index contributed by atoms with van der Waals surface area (Å²) in [5.41, 5.74) is 1.05. The maximum atomic E-state index is 11.2. The first-order valence-electron chi connectivity index (χ1n) is 6.12. The van der Waals surface area contributed by atoms with Crippen LogP contribution in [0.1, 0.15) is 32.4 Å². The van der Waals surface area contributed by atoms with Gasteiger partial charge < -0.3 is 14.8 Å². The first-order chi connectivity index (χ1) is 8.48. The molecular formula is C14H19NO3. The molecule has 2 rings (SSSR count). The molecule has 0 saturated carbocycles. The fraction of sp³-hybridized carbons (Fsp3) is 0.500. The van der Waals surface area contributed by atoms with E-state index in [-0.39, 0.29) is 18.1 Å². The van der Waals surface area contributed by atoms with Crippen molar-refractivity contribution in [2.45, 2.75) is 38.7 Å². The Morgan fingerprint density at radius 3 is 2.61 bits per heavy atom. The van der Waals surface area contributed by atoms with E-state index in [1.165, 1.54) is 6.92 Å². The molecule has 1 fully saturated rings. The molecule has 1 amide bonds. The summed E-state index contributed by atoms with van der Waals surface area (Å²) in [7, 11) is 0. The third-order valence-corrected chi connectivity index (χ3v) is 2.90. The molecule has 4 heteroatoms.